The summed E-state index contributed by atoms with van der Waals surface area (Å²) >= 11 is 0. The van der Waals surface area contributed by atoms with Crippen LogP contribution in [0.25, 0.3) is 0 Å². The largest absolute Gasteiger partial charge is 0.161 e. The quantitative estimate of drug-likeness (QED) is 0.467. The van der Waals surface area contributed by atoms with Gasteiger partial charge in [0.15, 0.2) is 0 Å². The van der Waals surface area contributed by atoms with E-state index in [9.17, 15) is 0 Å². The third kappa shape index (κ3) is 7.61. The van der Waals surface area contributed by atoms with E-state index in [4.69, 9.17) is 0 Å². The predicted octanol–water partition coefficient (Wildman–Crippen LogP) is 4.55. The molecule has 0 aliphatic heterocycles. The Kier molecular flexibility index (Phi) is 7.27. The molecular weight excluding hydrogens is 196 g/mol. The molecule has 2 nitrogen and oxygen atoms in total. The van der Waals surface area contributed by atoms with E-state index < -0.39 is 0 Å². The Labute approximate surface area is 101 Å². The predicted molar refractivity (Wildman–Crippen MR) is 74.3 cm³/mol. The van der Waals surface area contributed by atoms with Gasteiger partial charge in [0, 0.05) is 11.4 Å². The maximum absolute atomic E-state index is 4.33. The normalized spacial score (nSPS) is 12.8. The van der Waals surface area contributed by atoms with Gasteiger partial charge in [-0.05, 0) is 51.4 Å². The second-order valence-electron chi connectivity index (χ2n) is 5.74. The SMILES string of the molecule is CC(C)=N/N=C(\C)C(CC(C)C)CC(C)C. The third-order valence-corrected chi connectivity index (χ3v) is 2.51. The van der Waals surface area contributed by atoms with Crippen LogP contribution in [-0.2, 0) is 0 Å². The van der Waals surface area contributed by atoms with Gasteiger partial charge in [0.05, 0.1) is 0 Å². The van der Waals surface area contributed by atoms with E-state index in [2.05, 4.69) is 44.8 Å². The first-order valence-corrected chi connectivity index (χ1v) is 6.38. The third-order valence-electron chi connectivity index (χ3n) is 2.51. The van der Waals surface area contributed by atoms with Crippen LogP contribution in [0.2, 0.25) is 0 Å². The smallest absolute Gasteiger partial charge is 0.0406 e. The van der Waals surface area contributed by atoms with Gasteiger partial charge in [-0.1, -0.05) is 27.7 Å². The molecule has 0 aliphatic rings. The zero-order valence-electron chi connectivity index (χ0n) is 12.0. The molecule has 0 aliphatic carbocycles. The Morgan fingerprint density at radius 3 is 1.56 bits per heavy atom. The van der Waals surface area contributed by atoms with Crippen LogP contribution in [0.4, 0.5) is 0 Å². The Balaban J connectivity index is 4.60. The van der Waals surface area contributed by atoms with Crippen molar-refractivity contribution in [1.82, 2.24) is 0 Å². The highest BCUT2D eigenvalue weighted by atomic mass is 15.2. The van der Waals surface area contributed by atoms with Gasteiger partial charge < -0.3 is 0 Å². The monoisotopic (exact) mass is 224 g/mol. The van der Waals surface area contributed by atoms with Crippen molar-refractivity contribution in [3.05, 3.63) is 0 Å². The van der Waals surface area contributed by atoms with E-state index in [1.165, 1.54) is 18.6 Å². The van der Waals surface area contributed by atoms with Crippen molar-refractivity contribution in [2.75, 3.05) is 0 Å². The summed E-state index contributed by atoms with van der Waals surface area (Å²) in [5.74, 6) is 2.03. The lowest BCUT2D eigenvalue weighted by atomic mass is 9.86. The summed E-state index contributed by atoms with van der Waals surface area (Å²) in [5.41, 5.74) is 2.20. The van der Waals surface area contributed by atoms with E-state index in [0.29, 0.717) is 5.92 Å². The van der Waals surface area contributed by atoms with E-state index >= 15 is 0 Å². The van der Waals surface area contributed by atoms with Gasteiger partial charge >= 0.3 is 0 Å². The van der Waals surface area contributed by atoms with Crippen molar-refractivity contribution >= 4 is 11.4 Å². The van der Waals surface area contributed by atoms with Crippen molar-refractivity contribution in [3.63, 3.8) is 0 Å². The number of rotatable bonds is 6. The molecule has 94 valence electrons. The Hall–Kier alpha value is -0.660. The van der Waals surface area contributed by atoms with Gasteiger partial charge in [0.1, 0.15) is 0 Å². The van der Waals surface area contributed by atoms with Gasteiger partial charge in [-0.15, -0.1) is 0 Å². The Morgan fingerprint density at radius 1 is 0.812 bits per heavy atom. The lowest BCUT2D eigenvalue weighted by Crippen LogP contribution is -2.16. The Bertz CT molecular complexity index is 235. The van der Waals surface area contributed by atoms with Crippen LogP contribution in [0.1, 0.15) is 61.3 Å². The first kappa shape index (κ1) is 15.3. The molecule has 0 saturated heterocycles. The van der Waals surface area contributed by atoms with Gasteiger partial charge in [-0.2, -0.15) is 10.2 Å². The fourth-order valence-electron chi connectivity index (χ4n) is 1.84. The Morgan fingerprint density at radius 2 is 1.25 bits per heavy atom. The molecule has 0 aromatic heterocycles. The van der Waals surface area contributed by atoms with Gasteiger partial charge in [0.25, 0.3) is 0 Å². The first-order chi connectivity index (χ1) is 7.32. The topological polar surface area (TPSA) is 24.7 Å². The van der Waals surface area contributed by atoms with Crippen LogP contribution < -0.4 is 0 Å². The lowest BCUT2D eigenvalue weighted by Gasteiger charge is -2.20. The van der Waals surface area contributed by atoms with E-state index in [1.807, 2.05) is 13.8 Å². The van der Waals surface area contributed by atoms with Crippen LogP contribution >= 0.6 is 0 Å². The maximum Gasteiger partial charge on any atom is 0.0406 e. The molecule has 0 aromatic carbocycles. The second kappa shape index (κ2) is 7.59. The summed E-state index contributed by atoms with van der Waals surface area (Å²) in [5, 5.41) is 8.50. The molecule has 0 aromatic rings. The number of nitrogens with zero attached hydrogens (tertiary/aromatic N) is 2. The molecule has 0 spiro atoms. The minimum Gasteiger partial charge on any atom is -0.161 e. The highest BCUT2D eigenvalue weighted by molar-refractivity contribution is 5.86. The van der Waals surface area contributed by atoms with Crippen molar-refractivity contribution < 1.29 is 0 Å². The summed E-state index contributed by atoms with van der Waals surface area (Å²) in [6, 6.07) is 0. The molecule has 2 heteroatoms. The summed E-state index contributed by atoms with van der Waals surface area (Å²) in [4.78, 5) is 0. The molecule has 0 radical (unpaired) electrons. The fraction of sp³-hybridized carbons (Fsp3) is 0.857. The minimum atomic E-state index is 0.586. The van der Waals surface area contributed by atoms with Crippen molar-refractivity contribution in [2.24, 2.45) is 28.0 Å². The summed E-state index contributed by atoms with van der Waals surface area (Å²) in [6.07, 6.45) is 2.43. The highest BCUT2D eigenvalue weighted by Crippen LogP contribution is 2.21. The van der Waals surface area contributed by atoms with Gasteiger partial charge in [-0.25, -0.2) is 0 Å². The van der Waals surface area contributed by atoms with Crippen LogP contribution in [0.5, 0.6) is 0 Å². The maximum atomic E-state index is 4.33. The highest BCUT2D eigenvalue weighted by Gasteiger charge is 2.15. The molecule has 0 bridgehead atoms. The van der Waals surface area contributed by atoms with Crippen LogP contribution in [0, 0.1) is 17.8 Å². The molecule has 0 fully saturated rings. The minimum absolute atomic E-state index is 0.586. The molecular formula is C14H28N2. The van der Waals surface area contributed by atoms with E-state index in [1.54, 1.807) is 0 Å². The molecule has 0 atom stereocenters. The molecule has 0 saturated carbocycles. The molecule has 0 amide bonds. The number of hydrogen-bond acceptors (Lipinski definition) is 2. The van der Waals surface area contributed by atoms with Crippen molar-refractivity contribution in [1.29, 1.82) is 0 Å². The lowest BCUT2D eigenvalue weighted by molar-refractivity contribution is 0.418. The second-order valence-corrected chi connectivity index (χ2v) is 5.74. The van der Waals surface area contributed by atoms with Crippen molar-refractivity contribution in [2.45, 2.75) is 61.3 Å². The number of hydrogen-bond donors (Lipinski definition) is 0. The summed E-state index contributed by atoms with van der Waals surface area (Å²) in [6.45, 7) is 15.2. The van der Waals surface area contributed by atoms with Crippen LogP contribution in [-0.4, -0.2) is 11.4 Å². The molecule has 0 heterocycles. The molecule has 0 rings (SSSR count). The fourth-order valence-corrected chi connectivity index (χ4v) is 1.84. The van der Waals surface area contributed by atoms with Gasteiger partial charge in [0.2, 0.25) is 0 Å². The zero-order valence-corrected chi connectivity index (χ0v) is 12.0. The van der Waals surface area contributed by atoms with Gasteiger partial charge in [-0.3, -0.25) is 0 Å². The average Bonchev–Trinajstić information content (AvgIpc) is 2.11. The molecule has 0 N–H and O–H groups in total. The van der Waals surface area contributed by atoms with E-state index in [-0.39, 0.29) is 0 Å². The zero-order chi connectivity index (χ0) is 12.7. The van der Waals surface area contributed by atoms with Crippen LogP contribution in [0.15, 0.2) is 10.2 Å². The molecule has 0 unspecified atom stereocenters. The van der Waals surface area contributed by atoms with E-state index in [0.717, 1.165) is 17.5 Å². The summed E-state index contributed by atoms with van der Waals surface area (Å²) < 4.78 is 0. The summed E-state index contributed by atoms with van der Waals surface area (Å²) in [7, 11) is 0. The first-order valence-electron chi connectivity index (χ1n) is 6.38. The standard InChI is InChI=1S/C14H28N2/c1-10(2)8-14(9-11(3)4)13(7)16-15-12(5)6/h10-11,14H,8-9H2,1-7H3/b16-13+. The van der Waals surface area contributed by atoms with Crippen molar-refractivity contribution in [3.8, 4) is 0 Å². The average molecular weight is 224 g/mol. The molecule has 16 heavy (non-hydrogen) atoms. The van der Waals surface area contributed by atoms with Crippen LogP contribution in [0.3, 0.4) is 0 Å².